The lowest BCUT2D eigenvalue weighted by atomic mass is 10.1. The fraction of sp³-hybridized carbons (Fsp3) is 0.200. The third-order valence-corrected chi connectivity index (χ3v) is 5.22. The summed E-state index contributed by atoms with van der Waals surface area (Å²) in [5.74, 6) is 0.777. The lowest BCUT2D eigenvalue weighted by Gasteiger charge is -2.35. The van der Waals surface area contributed by atoms with Crippen molar-refractivity contribution in [2.75, 3.05) is 31.1 Å². The minimum atomic E-state index is -0.0990. The molecular formula is C20H17Cl2N5O. The third kappa shape index (κ3) is 3.93. The van der Waals surface area contributed by atoms with E-state index in [4.69, 9.17) is 23.2 Å². The first-order chi connectivity index (χ1) is 13.6. The summed E-state index contributed by atoms with van der Waals surface area (Å²) in [4.78, 5) is 29.6. The van der Waals surface area contributed by atoms with Crippen LogP contribution in [-0.4, -0.2) is 51.9 Å². The van der Waals surface area contributed by atoms with Gasteiger partial charge in [-0.25, -0.2) is 4.98 Å². The van der Waals surface area contributed by atoms with E-state index in [2.05, 4.69) is 19.9 Å². The Hall–Kier alpha value is -2.70. The Morgan fingerprint density at radius 2 is 1.75 bits per heavy atom. The van der Waals surface area contributed by atoms with Crippen LogP contribution in [0.4, 0.5) is 5.82 Å². The number of nitrogens with zero attached hydrogens (tertiary/aromatic N) is 5. The number of carbonyl (C=O) groups excluding carboxylic acids is 1. The first-order valence-electron chi connectivity index (χ1n) is 8.83. The van der Waals surface area contributed by atoms with Crippen LogP contribution in [0.15, 0.2) is 55.1 Å². The molecule has 0 saturated carbocycles. The van der Waals surface area contributed by atoms with Crippen LogP contribution in [0.25, 0.3) is 11.3 Å². The topological polar surface area (TPSA) is 62.2 Å². The molecule has 0 radical (unpaired) electrons. The Kier molecular flexibility index (Phi) is 5.41. The molecule has 1 aliphatic heterocycles. The molecule has 3 heterocycles. The summed E-state index contributed by atoms with van der Waals surface area (Å²) in [5, 5.41) is 0.914. The highest BCUT2D eigenvalue weighted by molar-refractivity contribution is 6.35. The molecular weight excluding hydrogens is 397 g/mol. The van der Waals surface area contributed by atoms with E-state index < -0.39 is 0 Å². The number of piperazine rings is 1. The van der Waals surface area contributed by atoms with E-state index in [1.807, 2.05) is 12.1 Å². The molecule has 0 spiro atoms. The number of anilines is 1. The first-order valence-corrected chi connectivity index (χ1v) is 9.59. The highest BCUT2D eigenvalue weighted by atomic mass is 35.5. The van der Waals surface area contributed by atoms with Crippen LogP contribution in [0, 0.1) is 0 Å². The van der Waals surface area contributed by atoms with Crippen LogP contribution in [0.5, 0.6) is 0 Å². The van der Waals surface area contributed by atoms with Crippen LogP contribution in [0.1, 0.15) is 10.4 Å². The molecule has 28 heavy (non-hydrogen) atoms. The third-order valence-electron chi connectivity index (χ3n) is 4.66. The summed E-state index contributed by atoms with van der Waals surface area (Å²) in [7, 11) is 0. The van der Waals surface area contributed by atoms with Gasteiger partial charge in [0, 0.05) is 55.4 Å². The molecule has 0 unspecified atom stereocenters. The number of aromatic nitrogens is 3. The van der Waals surface area contributed by atoms with E-state index >= 15 is 0 Å². The molecule has 1 fully saturated rings. The van der Waals surface area contributed by atoms with E-state index in [1.54, 1.807) is 47.9 Å². The van der Waals surface area contributed by atoms with Gasteiger partial charge >= 0.3 is 0 Å². The van der Waals surface area contributed by atoms with Gasteiger partial charge in [-0.3, -0.25) is 14.8 Å². The molecule has 2 aromatic heterocycles. The second kappa shape index (κ2) is 8.12. The van der Waals surface area contributed by atoms with Crippen LogP contribution in [0.3, 0.4) is 0 Å². The minimum absolute atomic E-state index is 0.0990. The average molecular weight is 414 g/mol. The number of hydrogen-bond acceptors (Lipinski definition) is 5. The van der Waals surface area contributed by atoms with Crippen molar-refractivity contribution in [2.45, 2.75) is 0 Å². The van der Waals surface area contributed by atoms with Gasteiger partial charge in [0.15, 0.2) is 0 Å². The highest BCUT2D eigenvalue weighted by Gasteiger charge is 2.24. The van der Waals surface area contributed by atoms with Crippen LogP contribution < -0.4 is 4.90 Å². The van der Waals surface area contributed by atoms with Crippen LogP contribution in [-0.2, 0) is 0 Å². The fourth-order valence-electron chi connectivity index (χ4n) is 3.14. The highest BCUT2D eigenvalue weighted by Crippen LogP contribution is 2.24. The summed E-state index contributed by atoms with van der Waals surface area (Å²) < 4.78 is 0. The van der Waals surface area contributed by atoms with Crippen molar-refractivity contribution in [3.05, 3.63) is 70.7 Å². The number of halogens is 2. The van der Waals surface area contributed by atoms with Gasteiger partial charge < -0.3 is 9.80 Å². The van der Waals surface area contributed by atoms with E-state index in [0.29, 0.717) is 41.8 Å². The molecule has 4 rings (SSSR count). The van der Waals surface area contributed by atoms with Gasteiger partial charge in [0.05, 0.1) is 22.5 Å². The Balaban J connectivity index is 1.41. The molecule has 0 N–H and O–H groups in total. The summed E-state index contributed by atoms with van der Waals surface area (Å²) in [5.41, 5.74) is 2.14. The average Bonchev–Trinajstić information content (AvgIpc) is 2.76. The van der Waals surface area contributed by atoms with Crippen molar-refractivity contribution >= 4 is 34.9 Å². The van der Waals surface area contributed by atoms with E-state index in [1.165, 1.54) is 0 Å². The lowest BCUT2D eigenvalue weighted by Crippen LogP contribution is -2.49. The Morgan fingerprint density at radius 1 is 0.929 bits per heavy atom. The monoisotopic (exact) mass is 413 g/mol. The van der Waals surface area contributed by atoms with Crippen molar-refractivity contribution < 1.29 is 4.79 Å². The van der Waals surface area contributed by atoms with Gasteiger partial charge in [-0.15, -0.1) is 0 Å². The van der Waals surface area contributed by atoms with Gasteiger partial charge in [-0.2, -0.15) is 0 Å². The van der Waals surface area contributed by atoms with Gasteiger partial charge in [-0.1, -0.05) is 23.2 Å². The first kappa shape index (κ1) is 18.7. The molecule has 0 atom stereocenters. The Labute approximate surface area is 172 Å². The van der Waals surface area contributed by atoms with Crippen LogP contribution in [0.2, 0.25) is 10.0 Å². The molecule has 142 valence electrons. The summed E-state index contributed by atoms with van der Waals surface area (Å²) in [6.45, 7) is 2.58. The predicted octanol–water partition coefficient (Wildman–Crippen LogP) is 3.81. The SMILES string of the molecule is O=C(c1cc(Cl)ccc1Cl)N1CCN(c2ccc(-c3cnccn3)cn2)CC1. The van der Waals surface area contributed by atoms with Crippen molar-refractivity contribution in [1.82, 2.24) is 19.9 Å². The van der Waals surface area contributed by atoms with Crippen LogP contribution >= 0.6 is 23.2 Å². The molecule has 1 aromatic carbocycles. The fourth-order valence-corrected chi connectivity index (χ4v) is 3.51. The maximum Gasteiger partial charge on any atom is 0.255 e. The molecule has 0 aliphatic carbocycles. The van der Waals surface area contributed by atoms with Gasteiger partial charge in [0.1, 0.15) is 5.82 Å². The molecule has 1 aliphatic rings. The summed E-state index contributed by atoms with van der Waals surface area (Å²) >= 11 is 12.2. The normalized spacial score (nSPS) is 14.2. The van der Waals surface area contributed by atoms with Gasteiger partial charge in [0.2, 0.25) is 0 Å². The molecule has 8 heteroatoms. The zero-order valence-electron chi connectivity index (χ0n) is 14.9. The van der Waals surface area contributed by atoms with Crippen molar-refractivity contribution in [3.8, 4) is 11.3 Å². The standard InChI is InChI=1S/C20H17Cl2N5O/c21-15-2-3-17(22)16(11-15)20(28)27-9-7-26(8-10-27)19-4-1-14(12-25-19)18-13-23-5-6-24-18/h1-6,11-13H,7-10H2. The number of amides is 1. The molecule has 1 saturated heterocycles. The molecule has 3 aromatic rings. The lowest BCUT2D eigenvalue weighted by molar-refractivity contribution is 0.0746. The Morgan fingerprint density at radius 3 is 2.43 bits per heavy atom. The predicted molar refractivity (Wildman–Crippen MR) is 110 cm³/mol. The second-order valence-electron chi connectivity index (χ2n) is 6.40. The van der Waals surface area contributed by atoms with E-state index in [9.17, 15) is 4.79 Å². The number of hydrogen-bond donors (Lipinski definition) is 0. The number of pyridine rings is 1. The largest absolute Gasteiger partial charge is 0.353 e. The number of benzene rings is 1. The smallest absolute Gasteiger partial charge is 0.255 e. The van der Waals surface area contributed by atoms with Gasteiger partial charge in [-0.05, 0) is 30.3 Å². The quantitative estimate of drug-likeness (QED) is 0.653. The zero-order valence-corrected chi connectivity index (χ0v) is 16.4. The van der Waals surface area contributed by atoms with Crippen molar-refractivity contribution in [2.24, 2.45) is 0 Å². The minimum Gasteiger partial charge on any atom is -0.353 e. The van der Waals surface area contributed by atoms with Crippen molar-refractivity contribution in [3.63, 3.8) is 0 Å². The number of rotatable bonds is 3. The maximum atomic E-state index is 12.8. The van der Waals surface area contributed by atoms with E-state index in [-0.39, 0.29) is 5.91 Å². The molecule has 6 nitrogen and oxygen atoms in total. The molecule has 1 amide bonds. The maximum absolute atomic E-state index is 12.8. The summed E-state index contributed by atoms with van der Waals surface area (Å²) in [6.07, 6.45) is 6.80. The Bertz CT molecular complexity index is 974. The van der Waals surface area contributed by atoms with Crippen molar-refractivity contribution in [1.29, 1.82) is 0 Å². The van der Waals surface area contributed by atoms with E-state index in [0.717, 1.165) is 17.1 Å². The second-order valence-corrected chi connectivity index (χ2v) is 7.24. The number of carbonyl (C=O) groups is 1. The zero-order chi connectivity index (χ0) is 19.5. The van der Waals surface area contributed by atoms with Gasteiger partial charge in [0.25, 0.3) is 5.91 Å². The molecule has 0 bridgehead atoms. The summed E-state index contributed by atoms with van der Waals surface area (Å²) in [6, 6.07) is 8.89.